The maximum atomic E-state index is 13.1. The summed E-state index contributed by atoms with van der Waals surface area (Å²) >= 11 is 4.45. The van der Waals surface area contributed by atoms with Gasteiger partial charge in [-0.1, -0.05) is 15.9 Å². The lowest BCUT2D eigenvalue weighted by atomic mass is 10.2. The number of hydrogen-bond donors (Lipinski definition) is 1. The average Bonchev–Trinajstić information content (AvgIpc) is 2.72. The van der Waals surface area contributed by atoms with E-state index in [-0.39, 0.29) is 17.3 Å². The molecule has 1 aromatic heterocycles. The average molecular weight is 345 g/mol. The van der Waals surface area contributed by atoms with Crippen molar-refractivity contribution in [2.75, 3.05) is 0 Å². The Balaban J connectivity index is 2.19. The number of aromatic carboxylic acids is 1. The van der Waals surface area contributed by atoms with Crippen molar-refractivity contribution < 1.29 is 19.0 Å². The van der Waals surface area contributed by atoms with Crippen LogP contribution in [0.2, 0.25) is 0 Å². The van der Waals surface area contributed by atoms with E-state index >= 15 is 0 Å². The van der Waals surface area contributed by atoms with Gasteiger partial charge >= 0.3 is 5.97 Å². The van der Waals surface area contributed by atoms with Gasteiger partial charge in [0.25, 0.3) is 0 Å². The molecule has 100 valence electrons. The molecule has 0 spiro atoms. The molecule has 3 nitrogen and oxygen atoms in total. The number of carboxylic acids is 1. The summed E-state index contributed by atoms with van der Waals surface area (Å²) in [5.74, 6) is -1.07. The number of thiophene rings is 1. The van der Waals surface area contributed by atoms with E-state index in [0.29, 0.717) is 11.3 Å². The van der Waals surface area contributed by atoms with Crippen LogP contribution in [0.4, 0.5) is 4.39 Å². The third-order valence-corrected chi connectivity index (χ3v) is 4.20. The topological polar surface area (TPSA) is 46.5 Å². The predicted molar refractivity (Wildman–Crippen MR) is 74.4 cm³/mol. The van der Waals surface area contributed by atoms with Crippen molar-refractivity contribution in [2.24, 2.45) is 0 Å². The Morgan fingerprint density at radius 1 is 1.47 bits per heavy atom. The number of aryl methyl sites for hydroxylation is 1. The van der Waals surface area contributed by atoms with Crippen molar-refractivity contribution in [2.45, 2.75) is 13.5 Å². The first-order chi connectivity index (χ1) is 8.97. The zero-order valence-electron chi connectivity index (χ0n) is 9.94. The van der Waals surface area contributed by atoms with Crippen molar-refractivity contribution in [3.63, 3.8) is 0 Å². The fourth-order valence-electron chi connectivity index (χ4n) is 1.56. The number of hydrogen-bond acceptors (Lipinski definition) is 3. The van der Waals surface area contributed by atoms with E-state index in [2.05, 4.69) is 15.9 Å². The second-order valence-corrected chi connectivity index (χ2v) is 5.99. The Labute approximate surface area is 121 Å². The molecule has 1 N–H and O–H groups in total. The van der Waals surface area contributed by atoms with Crippen LogP contribution >= 0.6 is 27.3 Å². The van der Waals surface area contributed by atoms with Gasteiger partial charge in [0, 0.05) is 14.9 Å². The molecule has 0 radical (unpaired) electrons. The highest BCUT2D eigenvalue weighted by molar-refractivity contribution is 9.10. The van der Waals surface area contributed by atoms with Crippen molar-refractivity contribution in [3.8, 4) is 5.75 Å². The van der Waals surface area contributed by atoms with Gasteiger partial charge in [-0.3, -0.25) is 0 Å². The van der Waals surface area contributed by atoms with Gasteiger partial charge in [0.15, 0.2) is 4.88 Å². The van der Waals surface area contributed by atoms with Gasteiger partial charge in [-0.15, -0.1) is 11.3 Å². The molecule has 0 aliphatic carbocycles. The van der Waals surface area contributed by atoms with Crippen LogP contribution in [0.5, 0.6) is 5.75 Å². The molecule has 0 atom stereocenters. The first kappa shape index (κ1) is 14.0. The summed E-state index contributed by atoms with van der Waals surface area (Å²) in [5, 5.41) is 9.04. The van der Waals surface area contributed by atoms with Crippen LogP contribution in [0.15, 0.2) is 28.7 Å². The van der Waals surface area contributed by atoms with Crippen LogP contribution < -0.4 is 4.74 Å². The Morgan fingerprint density at radius 3 is 2.89 bits per heavy atom. The lowest BCUT2D eigenvalue weighted by Crippen LogP contribution is -2.01. The highest BCUT2D eigenvalue weighted by Crippen LogP contribution is 2.30. The summed E-state index contributed by atoms with van der Waals surface area (Å²) in [6.07, 6.45) is 0. The third kappa shape index (κ3) is 3.33. The summed E-state index contributed by atoms with van der Waals surface area (Å²) in [4.78, 5) is 12.0. The first-order valence-corrected chi connectivity index (χ1v) is 6.99. The fourth-order valence-corrected chi connectivity index (χ4v) is 2.71. The third-order valence-electron chi connectivity index (χ3n) is 2.41. The minimum absolute atomic E-state index is 0.106. The van der Waals surface area contributed by atoms with E-state index in [0.717, 1.165) is 20.7 Å². The maximum absolute atomic E-state index is 13.1. The largest absolute Gasteiger partial charge is 0.487 e. The zero-order chi connectivity index (χ0) is 14.0. The molecular formula is C13H10BrFO3S. The van der Waals surface area contributed by atoms with Crippen molar-refractivity contribution in [1.29, 1.82) is 0 Å². The van der Waals surface area contributed by atoms with E-state index in [1.165, 1.54) is 12.1 Å². The molecule has 0 aliphatic heterocycles. The zero-order valence-corrected chi connectivity index (χ0v) is 12.3. The van der Waals surface area contributed by atoms with Crippen molar-refractivity contribution >= 4 is 33.2 Å². The number of ether oxygens (including phenoxy) is 1. The number of benzene rings is 1. The lowest BCUT2D eigenvalue weighted by molar-refractivity contribution is 0.0697. The molecule has 2 rings (SSSR count). The predicted octanol–water partition coefficient (Wildman–Crippen LogP) is 4.24. The van der Waals surface area contributed by atoms with Crippen LogP contribution in [0.1, 0.15) is 20.1 Å². The van der Waals surface area contributed by atoms with Crippen LogP contribution in [0.3, 0.4) is 0 Å². The summed E-state index contributed by atoms with van der Waals surface area (Å²) < 4.78 is 19.3. The molecule has 0 saturated carbocycles. The second-order valence-electron chi connectivity index (χ2n) is 3.88. The highest BCUT2D eigenvalue weighted by atomic mass is 79.9. The smallest absolute Gasteiger partial charge is 0.349 e. The molecule has 0 bridgehead atoms. The summed E-state index contributed by atoms with van der Waals surface area (Å²) in [7, 11) is 0. The minimum atomic E-state index is -1.02. The normalized spacial score (nSPS) is 10.5. The molecule has 0 amide bonds. The SMILES string of the molecule is Cc1cc(OCc2cc(F)ccc2Br)c(C(=O)O)s1. The van der Waals surface area contributed by atoms with Crippen LogP contribution in [-0.4, -0.2) is 11.1 Å². The van der Waals surface area contributed by atoms with E-state index in [9.17, 15) is 9.18 Å². The Morgan fingerprint density at radius 2 is 2.21 bits per heavy atom. The molecule has 1 aromatic carbocycles. The Bertz CT molecular complexity index is 624. The molecule has 19 heavy (non-hydrogen) atoms. The van der Waals surface area contributed by atoms with Gasteiger partial charge < -0.3 is 9.84 Å². The number of carbonyl (C=O) groups is 1. The van der Waals surface area contributed by atoms with Gasteiger partial charge in [0.05, 0.1) is 0 Å². The number of carboxylic acid groups (broad SMARTS) is 1. The van der Waals surface area contributed by atoms with E-state index in [1.54, 1.807) is 12.1 Å². The minimum Gasteiger partial charge on any atom is -0.487 e. The maximum Gasteiger partial charge on any atom is 0.349 e. The van der Waals surface area contributed by atoms with Crippen LogP contribution in [0.25, 0.3) is 0 Å². The monoisotopic (exact) mass is 344 g/mol. The molecule has 2 aromatic rings. The number of rotatable bonds is 4. The van der Waals surface area contributed by atoms with Gasteiger partial charge in [0.1, 0.15) is 18.2 Å². The standard InChI is InChI=1S/C13H10BrFO3S/c1-7-4-11(12(19-7)13(16)17)18-6-8-5-9(15)2-3-10(8)14/h2-5H,6H2,1H3,(H,16,17). The number of halogens is 2. The second kappa shape index (κ2) is 5.71. The van der Waals surface area contributed by atoms with Gasteiger partial charge in [-0.25, -0.2) is 9.18 Å². The Kier molecular flexibility index (Phi) is 4.21. The van der Waals surface area contributed by atoms with Crippen molar-refractivity contribution in [1.82, 2.24) is 0 Å². The first-order valence-electron chi connectivity index (χ1n) is 5.38. The Hall–Kier alpha value is -1.40. The van der Waals surface area contributed by atoms with Crippen LogP contribution in [-0.2, 0) is 6.61 Å². The summed E-state index contributed by atoms with van der Waals surface area (Å²) in [6, 6.07) is 5.95. The quantitative estimate of drug-likeness (QED) is 0.902. The summed E-state index contributed by atoms with van der Waals surface area (Å²) in [5.41, 5.74) is 0.625. The molecule has 0 fully saturated rings. The molecular weight excluding hydrogens is 335 g/mol. The molecule has 6 heteroatoms. The lowest BCUT2D eigenvalue weighted by Gasteiger charge is -2.07. The van der Waals surface area contributed by atoms with Gasteiger partial charge in [-0.2, -0.15) is 0 Å². The van der Waals surface area contributed by atoms with E-state index in [1.807, 2.05) is 6.92 Å². The van der Waals surface area contributed by atoms with Crippen molar-refractivity contribution in [3.05, 3.63) is 49.9 Å². The highest BCUT2D eigenvalue weighted by Gasteiger charge is 2.15. The summed E-state index contributed by atoms with van der Waals surface area (Å²) in [6.45, 7) is 1.91. The molecule has 0 aliphatic rings. The molecule has 1 heterocycles. The van der Waals surface area contributed by atoms with Crippen LogP contribution in [0, 0.1) is 12.7 Å². The molecule has 0 unspecified atom stereocenters. The van der Waals surface area contributed by atoms with Gasteiger partial charge in [0.2, 0.25) is 0 Å². The van der Waals surface area contributed by atoms with Gasteiger partial charge in [-0.05, 0) is 31.2 Å². The van der Waals surface area contributed by atoms with E-state index in [4.69, 9.17) is 9.84 Å². The van der Waals surface area contributed by atoms with E-state index < -0.39 is 5.97 Å². The fraction of sp³-hybridized carbons (Fsp3) is 0.154. The molecule has 0 saturated heterocycles.